The fraction of sp³-hybridized carbons (Fsp3) is 0.353. The number of carbonyl (C=O) groups excluding carboxylic acids is 1. The van der Waals surface area contributed by atoms with E-state index in [1.807, 2.05) is 0 Å². The maximum absolute atomic E-state index is 11.3. The predicted molar refractivity (Wildman–Crippen MR) is 81.4 cm³/mol. The molecule has 0 aliphatic heterocycles. The lowest BCUT2D eigenvalue weighted by molar-refractivity contribution is 0.0903. The molecule has 0 atom stereocenters. The Balaban J connectivity index is 2.16. The average molecular weight is 284 g/mol. The largest absolute Gasteiger partial charge is 0.388 e. The summed E-state index contributed by atoms with van der Waals surface area (Å²) in [5.41, 5.74) is 2.72. The number of ketones is 1. The molecule has 0 radical (unpaired) electrons. The minimum absolute atomic E-state index is 0.0871. The fourth-order valence-electron chi connectivity index (χ4n) is 2.18. The molecule has 1 aromatic heterocycles. The summed E-state index contributed by atoms with van der Waals surface area (Å²) in [6, 6.07) is 8.44. The number of aryl methyl sites for hydroxylation is 1. The van der Waals surface area contributed by atoms with E-state index in [9.17, 15) is 4.79 Å². The van der Waals surface area contributed by atoms with Crippen molar-refractivity contribution in [3.63, 3.8) is 0 Å². The van der Waals surface area contributed by atoms with Crippen LogP contribution in [0.15, 0.2) is 36.7 Å². The van der Waals surface area contributed by atoms with Crippen molar-refractivity contribution in [3.8, 4) is 0 Å². The van der Waals surface area contributed by atoms with E-state index in [0.717, 1.165) is 0 Å². The molecule has 1 aromatic carbocycles. The highest BCUT2D eigenvalue weighted by Crippen LogP contribution is 2.26. The zero-order valence-electron chi connectivity index (χ0n) is 12.6. The zero-order chi connectivity index (χ0) is 15.5. The quantitative estimate of drug-likeness (QED) is 0.857. The van der Waals surface area contributed by atoms with E-state index in [-0.39, 0.29) is 11.2 Å². The average Bonchev–Trinajstić information content (AvgIpc) is 2.47. The number of hydrogen-bond acceptors (Lipinski definition) is 4. The van der Waals surface area contributed by atoms with Gasteiger partial charge in [0.15, 0.2) is 5.78 Å². The molecule has 2 rings (SSSR count). The molecule has 0 aliphatic carbocycles. The summed E-state index contributed by atoms with van der Waals surface area (Å²) < 4.78 is 0. The molecule has 0 spiro atoms. The number of rotatable bonds is 5. The molecular formula is C17H20N2O2. The summed E-state index contributed by atoms with van der Waals surface area (Å²) in [5, 5.41) is 8.81. The zero-order valence-corrected chi connectivity index (χ0v) is 12.6. The van der Waals surface area contributed by atoms with Gasteiger partial charge in [0.05, 0.1) is 5.56 Å². The molecule has 0 aliphatic rings. The fourth-order valence-corrected chi connectivity index (χ4v) is 2.18. The van der Waals surface area contributed by atoms with E-state index in [1.54, 1.807) is 0 Å². The van der Waals surface area contributed by atoms with Crippen molar-refractivity contribution >= 4 is 5.78 Å². The van der Waals surface area contributed by atoms with E-state index < -0.39 is 6.61 Å². The van der Waals surface area contributed by atoms with Gasteiger partial charge in [0.1, 0.15) is 12.4 Å². The van der Waals surface area contributed by atoms with Gasteiger partial charge < -0.3 is 5.11 Å². The molecular weight excluding hydrogens is 264 g/mol. The minimum atomic E-state index is -0.516. The highest BCUT2D eigenvalue weighted by atomic mass is 16.3. The SMILES string of the molecule is Cc1ccc(C(C)(C)Cc2ncc(C(=O)CO)cn2)cc1. The Morgan fingerprint density at radius 3 is 2.24 bits per heavy atom. The molecule has 0 saturated carbocycles. The molecule has 1 heterocycles. The highest BCUT2D eigenvalue weighted by molar-refractivity contribution is 5.96. The van der Waals surface area contributed by atoms with Crippen molar-refractivity contribution in [2.75, 3.05) is 6.61 Å². The van der Waals surface area contributed by atoms with Crippen LogP contribution in [0.3, 0.4) is 0 Å². The molecule has 0 unspecified atom stereocenters. The number of aliphatic hydroxyl groups is 1. The Hall–Kier alpha value is -2.07. The molecule has 4 nitrogen and oxygen atoms in total. The number of aliphatic hydroxyl groups excluding tert-OH is 1. The van der Waals surface area contributed by atoms with Gasteiger partial charge in [-0.3, -0.25) is 4.79 Å². The van der Waals surface area contributed by atoms with Crippen LogP contribution in [-0.4, -0.2) is 27.5 Å². The molecule has 110 valence electrons. The summed E-state index contributed by atoms with van der Waals surface area (Å²) in [7, 11) is 0. The number of aromatic nitrogens is 2. The van der Waals surface area contributed by atoms with Crippen molar-refractivity contribution in [3.05, 3.63) is 59.2 Å². The summed E-state index contributed by atoms with van der Waals surface area (Å²) in [4.78, 5) is 19.8. The molecule has 21 heavy (non-hydrogen) atoms. The van der Waals surface area contributed by atoms with Gasteiger partial charge in [0.25, 0.3) is 0 Å². The van der Waals surface area contributed by atoms with Gasteiger partial charge in [-0.05, 0) is 17.9 Å². The van der Waals surface area contributed by atoms with Gasteiger partial charge in [-0.2, -0.15) is 0 Å². The molecule has 0 bridgehead atoms. The van der Waals surface area contributed by atoms with Gasteiger partial charge in [-0.15, -0.1) is 0 Å². The predicted octanol–water partition coefficient (Wildman–Crippen LogP) is 2.48. The molecule has 1 N–H and O–H groups in total. The van der Waals surface area contributed by atoms with E-state index in [0.29, 0.717) is 17.8 Å². The number of carbonyl (C=O) groups is 1. The third kappa shape index (κ3) is 3.73. The number of benzene rings is 1. The Bertz CT molecular complexity index is 616. The van der Waals surface area contributed by atoms with E-state index in [2.05, 4.69) is 55.0 Å². The van der Waals surface area contributed by atoms with Crippen LogP contribution in [0.1, 0.15) is 41.2 Å². The second-order valence-electron chi connectivity index (χ2n) is 5.90. The second-order valence-corrected chi connectivity index (χ2v) is 5.90. The van der Waals surface area contributed by atoms with E-state index >= 15 is 0 Å². The minimum Gasteiger partial charge on any atom is -0.388 e. The Morgan fingerprint density at radius 1 is 1.14 bits per heavy atom. The van der Waals surface area contributed by atoms with Crippen molar-refractivity contribution < 1.29 is 9.90 Å². The highest BCUT2D eigenvalue weighted by Gasteiger charge is 2.22. The third-order valence-corrected chi connectivity index (χ3v) is 3.60. The number of nitrogens with zero attached hydrogens (tertiary/aromatic N) is 2. The summed E-state index contributed by atoms with van der Waals surface area (Å²) in [5.74, 6) is 0.328. The first-order valence-corrected chi connectivity index (χ1v) is 6.94. The van der Waals surface area contributed by atoms with Gasteiger partial charge in [-0.1, -0.05) is 43.7 Å². The normalized spacial score (nSPS) is 11.4. The molecule has 0 fully saturated rings. The van der Waals surface area contributed by atoms with Crippen LogP contribution in [0.2, 0.25) is 0 Å². The first-order chi connectivity index (χ1) is 9.92. The van der Waals surface area contributed by atoms with Crippen LogP contribution in [0, 0.1) is 6.92 Å². The monoisotopic (exact) mass is 284 g/mol. The molecule has 4 heteroatoms. The van der Waals surface area contributed by atoms with Gasteiger partial charge in [0.2, 0.25) is 0 Å². The van der Waals surface area contributed by atoms with Crippen molar-refractivity contribution in [1.82, 2.24) is 9.97 Å². The first-order valence-electron chi connectivity index (χ1n) is 6.94. The third-order valence-electron chi connectivity index (χ3n) is 3.60. The van der Waals surface area contributed by atoms with Crippen molar-refractivity contribution in [1.29, 1.82) is 0 Å². The van der Waals surface area contributed by atoms with E-state index in [4.69, 9.17) is 5.11 Å². The molecule has 0 amide bonds. The van der Waals surface area contributed by atoms with Crippen LogP contribution in [0.25, 0.3) is 0 Å². The standard InChI is InChI=1S/C17H20N2O2/c1-12-4-6-14(7-5-12)17(2,3)8-16-18-9-13(10-19-16)15(21)11-20/h4-7,9-10,20H,8,11H2,1-3H3. The smallest absolute Gasteiger partial charge is 0.191 e. The Kier molecular flexibility index (Phi) is 4.48. The van der Waals surface area contributed by atoms with Crippen LogP contribution in [0.5, 0.6) is 0 Å². The van der Waals surface area contributed by atoms with Crippen LogP contribution >= 0.6 is 0 Å². The van der Waals surface area contributed by atoms with Crippen molar-refractivity contribution in [2.24, 2.45) is 0 Å². The van der Waals surface area contributed by atoms with Gasteiger partial charge >= 0.3 is 0 Å². The summed E-state index contributed by atoms with van der Waals surface area (Å²) >= 11 is 0. The lowest BCUT2D eigenvalue weighted by atomic mass is 9.81. The lowest BCUT2D eigenvalue weighted by Gasteiger charge is -2.24. The summed E-state index contributed by atoms with van der Waals surface area (Å²) in [6.45, 7) is 5.84. The molecule has 2 aromatic rings. The van der Waals surface area contributed by atoms with Gasteiger partial charge in [0, 0.05) is 18.8 Å². The van der Waals surface area contributed by atoms with Crippen LogP contribution in [-0.2, 0) is 11.8 Å². The number of hydrogen-bond donors (Lipinski definition) is 1. The van der Waals surface area contributed by atoms with Crippen LogP contribution in [0.4, 0.5) is 0 Å². The van der Waals surface area contributed by atoms with E-state index in [1.165, 1.54) is 23.5 Å². The van der Waals surface area contributed by atoms with Crippen molar-refractivity contribution in [2.45, 2.75) is 32.6 Å². The number of Topliss-reactive ketones (excluding diaryl/α,β-unsaturated/α-hetero) is 1. The second kappa shape index (κ2) is 6.14. The van der Waals surface area contributed by atoms with Gasteiger partial charge in [-0.25, -0.2) is 9.97 Å². The maximum Gasteiger partial charge on any atom is 0.191 e. The maximum atomic E-state index is 11.3. The summed E-state index contributed by atoms with van der Waals surface area (Å²) in [6.07, 6.45) is 3.64. The lowest BCUT2D eigenvalue weighted by Crippen LogP contribution is -2.22. The molecule has 0 saturated heterocycles. The van der Waals surface area contributed by atoms with Crippen LogP contribution < -0.4 is 0 Å². The first kappa shape index (κ1) is 15.3. The Labute approximate surface area is 124 Å². The Morgan fingerprint density at radius 2 is 1.71 bits per heavy atom. The topological polar surface area (TPSA) is 63.1 Å².